The number of aromatic carboxylic acids is 1. The number of H-pyrrole nitrogens is 2. The topological polar surface area (TPSA) is 94.7 Å². The molecule has 0 unspecified atom stereocenters. The summed E-state index contributed by atoms with van der Waals surface area (Å²) in [6.07, 6.45) is 8.36. The van der Waals surface area contributed by atoms with E-state index in [1.165, 1.54) is 0 Å². The van der Waals surface area contributed by atoms with Crippen LogP contribution in [-0.4, -0.2) is 31.0 Å². The first kappa shape index (κ1) is 32.8. The molecule has 8 bridgehead atoms. The highest BCUT2D eigenvalue weighted by Crippen LogP contribution is 2.40. The molecule has 0 spiro atoms. The number of carbonyl (C=O) groups is 1. The summed E-state index contributed by atoms with van der Waals surface area (Å²) in [6.45, 7) is 6.39. The van der Waals surface area contributed by atoms with Crippen molar-refractivity contribution in [2.45, 2.75) is 20.8 Å². The highest BCUT2D eigenvalue weighted by Gasteiger charge is 2.20. The number of aryl methyl sites for hydroxylation is 3. The number of rotatable bonds is 5. The summed E-state index contributed by atoms with van der Waals surface area (Å²) in [6, 6.07) is 40.7. The number of carboxylic acid groups (broad SMARTS) is 1. The van der Waals surface area contributed by atoms with Gasteiger partial charge in [0.25, 0.3) is 0 Å². The minimum Gasteiger partial charge on any atom is -0.478 e. The predicted molar refractivity (Wildman–Crippen MR) is 222 cm³/mol. The Hall–Kier alpha value is -7.05. The number of aromatic amines is 2. The Labute approximate surface area is 312 Å². The van der Waals surface area contributed by atoms with E-state index in [1.54, 1.807) is 12.1 Å². The molecule has 6 nitrogen and oxygen atoms in total. The van der Waals surface area contributed by atoms with Crippen LogP contribution in [-0.2, 0) is 0 Å². The lowest BCUT2D eigenvalue weighted by Crippen LogP contribution is -1.95. The highest BCUT2D eigenvalue weighted by molar-refractivity contribution is 6.00. The summed E-state index contributed by atoms with van der Waals surface area (Å²) in [5.74, 6) is -0.968. The molecule has 0 aliphatic carbocycles. The fraction of sp³-hybridized carbons (Fsp3) is 0.0625. The second-order valence-corrected chi connectivity index (χ2v) is 13.8. The second kappa shape index (κ2) is 13.2. The third-order valence-electron chi connectivity index (χ3n) is 10.4. The Bertz CT molecular complexity index is 2850. The molecular weight excluding hydrogens is 665 g/mol. The van der Waals surface area contributed by atoms with Gasteiger partial charge in [-0.15, -0.1) is 0 Å². The van der Waals surface area contributed by atoms with Crippen LogP contribution in [0.3, 0.4) is 0 Å². The third-order valence-corrected chi connectivity index (χ3v) is 10.4. The first-order valence-electron chi connectivity index (χ1n) is 18.0. The van der Waals surface area contributed by atoms with Gasteiger partial charge in [-0.25, -0.2) is 14.8 Å². The SMILES string of the molecule is Cc1ccccc1-c1c2nc(c(-c3ccccc3C)c3ccc([nH]3)c(-c3ccccc3C)c3nc(c(-c4ccc(C(=O)O)cc4)c4ccc1[nH]4)C=C3)C=C2. The van der Waals surface area contributed by atoms with Crippen LogP contribution in [0.25, 0.3) is 90.9 Å². The molecule has 0 saturated heterocycles. The molecule has 7 aromatic rings. The predicted octanol–water partition coefficient (Wildman–Crippen LogP) is 11.9. The molecule has 260 valence electrons. The maximum Gasteiger partial charge on any atom is 0.335 e. The fourth-order valence-corrected chi connectivity index (χ4v) is 7.70. The number of benzene rings is 4. The summed E-state index contributed by atoms with van der Waals surface area (Å²) in [7, 11) is 0. The van der Waals surface area contributed by atoms with Gasteiger partial charge in [0.05, 0.1) is 28.3 Å². The van der Waals surface area contributed by atoms with Gasteiger partial charge < -0.3 is 15.1 Å². The Kier molecular flexibility index (Phi) is 8.01. The van der Waals surface area contributed by atoms with Crippen molar-refractivity contribution < 1.29 is 9.90 Å². The monoisotopic (exact) mass is 700 g/mol. The number of hydrogen-bond donors (Lipinski definition) is 3. The van der Waals surface area contributed by atoms with E-state index in [1.807, 2.05) is 12.1 Å². The lowest BCUT2D eigenvalue weighted by atomic mass is 9.99. The van der Waals surface area contributed by atoms with Gasteiger partial charge in [-0.05, 0) is 120 Å². The minimum atomic E-state index is -0.968. The van der Waals surface area contributed by atoms with Crippen molar-refractivity contribution in [3.05, 3.63) is 166 Å². The van der Waals surface area contributed by atoms with Gasteiger partial charge in [0.2, 0.25) is 0 Å². The smallest absolute Gasteiger partial charge is 0.335 e. The van der Waals surface area contributed by atoms with Crippen molar-refractivity contribution in [1.82, 2.24) is 19.9 Å². The molecule has 0 atom stereocenters. The van der Waals surface area contributed by atoms with E-state index in [0.29, 0.717) is 0 Å². The quantitative estimate of drug-likeness (QED) is 0.167. The van der Waals surface area contributed by atoms with Gasteiger partial charge in [-0.3, -0.25) is 0 Å². The molecule has 54 heavy (non-hydrogen) atoms. The van der Waals surface area contributed by atoms with E-state index in [9.17, 15) is 9.90 Å². The standard InChI is InChI=1S/C48H36N4O2/c1-28-10-4-7-13-33(28)45-38-22-20-36(49-38)44(31-16-18-32(19-17-31)48(53)54)37-21-23-39(50-37)46(34-14-8-5-11-29(34)2)41-25-27-43(52-41)47(42-26-24-40(45)51-42)35-15-9-6-12-30(35)3/h4-27,49,52H,1-3H3,(H,53,54). The Balaban J connectivity index is 1.49. The molecule has 4 aromatic carbocycles. The number of fused-ring (bicyclic) bond motifs is 8. The average molecular weight is 701 g/mol. The average Bonchev–Trinajstić information content (AvgIpc) is 4.02. The molecule has 2 aliphatic heterocycles. The van der Waals surface area contributed by atoms with Crippen molar-refractivity contribution in [2.24, 2.45) is 0 Å². The van der Waals surface area contributed by atoms with Crippen molar-refractivity contribution in [1.29, 1.82) is 0 Å². The molecule has 3 N–H and O–H groups in total. The van der Waals surface area contributed by atoms with Crippen LogP contribution in [0.5, 0.6) is 0 Å². The van der Waals surface area contributed by atoms with E-state index in [4.69, 9.17) is 9.97 Å². The third kappa shape index (κ3) is 5.65. The summed E-state index contributed by atoms with van der Waals surface area (Å²) in [4.78, 5) is 30.2. The fourth-order valence-electron chi connectivity index (χ4n) is 7.70. The minimum absolute atomic E-state index is 0.226. The maximum absolute atomic E-state index is 11.8. The first-order chi connectivity index (χ1) is 26.3. The highest BCUT2D eigenvalue weighted by atomic mass is 16.4. The van der Waals surface area contributed by atoms with Gasteiger partial charge in [0.1, 0.15) is 0 Å². The lowest BCUT2D eigenvalue weighted by molar-refractivity contribution is 0.0697. The summed E-state index contributed by atoms with van der Waals surface area (Å²) in [5.41, 5.74) is 18.6. The van der Waals surface area contributed by atoms with Crippen LogP contribution < -0.4 is 0 Å². The zero-order valence-corrected chi connectivity index (χ0v) is 30.1. The molecule has 6 heteroatoms. The van der Waals surface area contributed by atoms with Crippen molar-refractivity contribution in [3.63, 3.8) is 0 Å². The summed E-state index contributed by atoms with van der Waals surface area (Å²) >= 11 is 0. The van der Waals surface area contributed by atoms with Crippen LogP contribution in [0, 0.1) is 20.8 Å². The molecule has 0 fully saturated rings. The number of carboxylic acids is 1. The number of nitrogens with one attached hydrogen (secondary N) is 2. The normalized spacial score (nSPS) is 12.0. The molecule has 0 saturated carbocycles. The van der Waals surface area contributed by atoms with Gasteiger partial charge in [0, 0.05) is 44.3 Å². The van der Waals surface area contributed by atoms with Gasteiger partial charge >= 0.3 is 5.97 Å². The maximum atomic E-state index is 11.8. The summed E-state index contributed by atoms with van der Waals surface area (Å²) in [5, 5.41) is 9.70. The zero-order chi connectivity index (χ0) is 36.9. The largest absolute Gasteiger partial charge is 0.478 e. The van der Waals surface area contributed by atoms with Gasteiger partial charge in [-0.2, -0.15) is 0 Å². The first-order valence-corrected chi connectivity index (χ1v) is 18.0. The van der Waals surface area contributed by atoms with E-state index in [2.05, 4.69) is 152 Å². The number of nitrogens with zero attached hydrogens (tertiary/aromatic N) is 2. The molecule has 0 radical (unpaired) electrons. The van der Waals surface area contributed by atoms with Crippen LogP contribution in [0.15, 0.2) is 121 Å². The van der Waals surface area contributed by atoms with Crippen molar-refractivity contribution in [3.8, 4) is 44.5 Å². The molecule has 5 heterocycles. The van der Waals surface area contributed by atoms with Crippen LogP contribution in [0.4, 0.5) is 0 Å². The van der Waals surface area contributed by atoms with Crippen LogP contribution in [0.1, 0.15) is 49.8 Å². The molecule has 0 amide bonds. The Morgan fingerprint density at radius 1 is 0.444 bits per heavy atom. The van der Waals surface area contributed by atoms with E-state index < -0.39 is 5.97 Å². The molecule has 9 rings (SSSR count). The molecule has 3 aromatic heterocycles. The van der Waals surface area contributed by atoms with Crippen LogP contribution in [0.2, 0.25) is 0 Å². The van der Waals surface area contributed by atoms with Gasteiger partial charge in [0.15, 0.2) is 0 Å². The molecule has 2 aliphatic rings. The van der Waals surface area contributed by atoms with Crippen LogP contribution >= 0.6 is 0 Å². The lowest BCUT2D eigenvalue weighted by Gasteiger charge is -2.10. The Morgan fingerprint density at radius 3 is 1.13 bits per heavy atom. The zero-order valence-electron chi connectivity index (χ0n) is 30.1. The molecular formula is C48H36N4O2. The second-order valence-electron chi connectivity index (χ2n) is 13.8. The van der Waals surface area contributed by atoms with E-state index >= 15 is 0 Å². The number of hydrogen-bond acceptors (Lipinski definition) is 3. The summed E-state index contributed by atoms with van der Waals surface area (Å²) < 4.78 is 0. The van der Waals surface area contributed by atoms with Crippen molar-refractivity contribution >= 4 is 52.3 Å². The van der Waals surface area contributed by atoms with Gasteiger partial charge in [-0.1, -0.05) is 84.9 Å². The van der Waals surface area contributed by atoms with E-state index in [0.717, 1.165) is 106 Å². The van der Waals surface area contributed by atoms with Crippen molar-refractivity contribution in [2.75, 3.05) is 0 Å². The van der Waals surface area contributed by atoms with E-state index in [-0.39, 0.29) is 5.56 Å². The Morgan fingerprint density at radius 2 is 0.778 bits per heavy atom. The number of aromatic nitrogens is 4.